The summed E-state index contributed by atoms with van der Waals surface area (Å²) in [7, 11) is 0. The Morgan fingerprint density at radius 1 is 1.58 bits per heavy atom. The maximum absolute atomic E-state index is 12.4. The molecule has 2 atom stereocenters. The van der Waals surface area contributed by atoms with Crippen molar-refractivity contribution in [1.29, 1.82) is 5.26 Å². The van der Waals surface area contributed by atoms with E-state index in [2.05, 4.69) is 6.07 Å². The number of rotatable bonds is 5. The fourth-order valence-corrected chi connectivity index (χ4v) is 2.54. The molecule has 102 valence electrons. The number of amides is 1. The molecule has 1 aromatic heterocycles. The lowest BCUT2D eigenvalue weighted by Gasteiger charge is -2.24. The summed E-state index contributed by atoms with van der Waals surface area (Å²) in [6.07, 6.45) is 4.43. The largest absolute Gasteiger partial charge is 0.467 e. The zero-order chi connectivity index (χ0) is 13.7. The molecule has 1 aliphatic rings. The van der Waals surface area contributed by atoms with Gasteiger partial charge in [-0.3, -0.25) is 4.79 Å². The van der Waals surface area contributed by atoms with E-state index in [1.807, 2.05) is 6.07 Å². The van der Waals surface area contributed by atoms with Crippen molar-refractivity contribution in [3.63, 3.8) is 0 Å². The van der Waals surface area contributed by atoms with Crippen LogP contribution in [0.1, 0.15) is 31.4 Å². The third kappa shape index (κ3) is 3.58. The normalized spacial score (nSPS) is 22.1. The number of furan rings is 1. The summed E-state index contributed by atoms with van der Waals surface area (Å²) in [6, 6.07) is 5.86. The van der Waals surface area contributed by atoms with Crippen LogP contribution in [-0.4, -0.2) is 23.4 Å². The number of carbonyl (C=O) groups excluding carboxylic acids is 1. The summed E-state index contributed by atoms with van der Waals surface area (Å²) < 4.78 is 5.28. The quantitative estimate of drug-likeness (QED) is 0.873. The van der Waals surface area contributed by atoms with Gasteiger partial charge in [-0.1, -0.05) is 0 Å². The molecular weight excluding hydrogens is 242 g/mol. The van der Waals surface area contributed by atoms with E-state index in [1.165, 1.54) is 0 Å². The van der Waals surface area contributed by atoms with Gasteiger partial charge in [0.1, 0.15) is 5.76 Å². The van der Waals surface area contributed by atoms with Gasteiger partial charge in [-0.2, -0.15) is 5.26 Å². The van der Waals surface area contributed by atoms with Gasteiger partial charge in [0.15, 0.2) is 0 Å². The van der Waals surface area contributed by atoms with Crippen molar-refractivity contribution < 1.29 is 9.21 Å². The van der Waals surface area contributed by atoms with Crippen LogP contribution in [0.2, 0.25) is 0 Å². The fourth-order valence-electron chi connectivity index (χ4n) is 2.54. The minimum absolute atomic E-state index is 0.00338. The molecule has 2 unspecified atom stereocenters. The summed E-state index contributed by atoms with van der Waals surface area (Å²) in [5.41, 5.74) is 5.86. The summed E-state index contributed by atoms with van der Waals surface area (Å²) in [6.45, 7) is 0.876. The predicted octanol–water partition coefficient (Wildman–Crippen LogP) is 1.65. The number of hydrogen-bond donors (Lipinski definition) is 1. The molecule has 1 aromatic rings. The topological polar surface area (TPSA) is 83.3 Å². The number of nitriles is 1. The second kappa shape index (κ2) is 6.39. The lowest BCUT2D eigenvalue weighted by molar-refractivity contribution is -0.136. The number of hydrogen-bond acceptors (Lipinski definition) is 4. The van der Waals surface area contributed by atoms with Crippen molar-refractivity contribution >= 4 is 5.91 Å². The Morgan fingerprint density at radius 3 is 3.00 bits per heavy atom. The van der Waals surface area contributed by atoms with E-state index in [0.29, 0.717) is 19.5 Å². The predicted molar refractivity (Wildman–Crippen MR) is 69.7 cm³/mol. The average molecular weight is 261 g/mol. The van der Waals surface area contributed by atoms with E-state index in [1.54, 1.807) is 17.2 Å². The van der Waals surface area contributed by atoms with E-state index in [4.69, 9.17) is 15.4 Å². The molecular formula is C14H19N3O2. The fraction of sp³-hybridized carbons (Fsp3) is 0.571. The van der Waals surface area contributed by atoms with Crippen LogP contribution < -0.4 is 5.73 Å². The van der Waals surface area contributed by atoms with Gasteiger partial charge in [-0.25, -0.2) is 0 Å². The molecule has 0 spiro atoms. The van der Waals surface area contributed by atoms with Crippen molar-refractivity contribution in [2.45, 2.75) is 38.3 Å². The van der Waals surface area contributed by atoms with Gasteiger partial charge in [0.05, 0.1) is 25.3 Å². The molecule has 5 heteroatoms. The van der Waals surface area contributed by atoms with Crippen LogP contribution in [0.25, 0.3) is 0 Å². The van der Waals surface area contributed by atoms with Crippen LogP contribution in [0.15, 0.2) is 22.8 Å². The molecule has 5 nitrogen and oxygen atoms in total. The molecule has 1 heterocycles. The third-order valence-electron chi connectivity index (χ3n) is 3.55. The summed E-state index contributed by atoms with van der Waals surface area (Å²) in [5, 5.41) is 8.70. The van der Waals surface area contributed by atoms with Gasteiger partial charge in [-0.05, 0) is 31.4 Å². The first-order chi connectivity index (χ1) is 9.20. The highest BCUT2D eigenvalue weighted by molar-refractivity contribution is 5.79. The van der Waals surface area contributed by atoms with Crippen molar-refractivity contribution in [2.24, 2.45) is 11.7 Å². The van der Waals surface area contributed by atoms with E-state index < -0.39 is 0 Å². The molecule has 1 aliphatic carbocycles. The molecule has 2 rings (SSSR count). The molecule has 19 heavy (non-hydrogen) atoms. The van der Waals surface area contributed by atoms with Crippen molar-refractivity contribution in [1.82, 2.24) is 4.90 Å². The Kier molecular flexibility index (Phi) is 4.58. The van der Waals surface area contributed by atoms with Gasteiger partial charge in [0, 0.05) is 18.5 Å². The molecule has 1 saturated carbocycles. The van der Waals surface area contributed by atoms with Gasteiger partial charge < -0.3 is 15.1 Å². The van der Waals surface area contributed by atoms with Gasteiger partial charge in [0.25, 0.3) is 0 Å². The Labute approximate surface area is 113 Å². The first-order valence-electron chi connectivity index (χ1n) is 6.64. The zero-order valence-electron chi connectivity index (χ0n) is 10.9. The van der Waals surface area contributed by atoms with Crippen LogP contribution in [0, 0.1) is 17.2 Å². The van der Waals surface area contributed by atoms with Crippen molar-refractivity contribution in [3.8, 4) is 6.07 Å². The SMILES string of the molecule is N#CCCN(Cc1ccco1)C(=O)C1CCC(N)C1. The minimum Gasteiger partial charge on any atom is -0.467 e. The third-order valence-corrected chi connectivity index (χ3v) is 3.55. The minimum atomic E-state index is 0.00338. The number of nitrogens with two attached hydrogens (primary N) is 1. The highest BCUT2D eigenvalue weighted by atomic mass is 16.3. The van der Waals surface area contributed by atoms with E-state index in [0.717, 1.165) is 25.0 Å². The van der Waals surface area contributed by atoms with Gasteiger partial charge in [0.2, 0.25) is 5.91 Å². The molecule has 2 N–H and O–H groups in total. The summed E-state index contributed by atoms with van der Waals surface area (Å²) >= 11 is 0. The van der Waals surface area contributed by atoms with Crippen LogP contribution in [-0.2, 0) is 11.3 Å². The van der Waals surface area contributed by atoms with Crippen molar-refractivity contribution in [3.05, 3.63) is 24.2 Å². The number of nitrogens with zero attached hydrogens (tertiary/aromatic N) is 2. The molecule has 1 amide bonds. The van der Waals surface area contributed by atoms with E-state index >= 15 is 0 Å². The van der Waals surface area contributed by atoms with E-state index in [9.17, 15) is 4.79 Å². The smallest absolute Gasteiger partial charge is 0.226 e. The zero-order valence-corrected chi connectivity index (χ0v) is 10.9. The molecule has 0 aromatic carbocycles. The Morgan fingerprint density at radius 2 is 2.42 bits per heavy atom. The Balaban J connectivity index is 2.00. The van der Waals surface area contributed by atoms with Crippen LogP contribution in [0.4, 0.5) is 0 Å². The molecule has 0 aliphatic heterocycles. The summed E-state index contributed by atoms with van der Waals surface area (Å²) in [5.74, 6) is 0.844. The summed E-state index contributed by atoms with van der Waals surface area (Å²) in [4.78, 5) is 14.2. The monoisotopic (exact) mass is 261 g/mol. The van der Waals surface area contributed by atoms with Crippen molar-refractivity contribution in [2.75, 3.05) is 6.54 Å². The van der Waals surface area contributed by atoms with Crippen LogP contribution in [0.5, 0.6) is 0 Å². The standard InChI is InChI=1S/C14H19N3O2/c15-6-2-7-17(10-13-3-1-8-19-13)14(18)11-4-5-12(16)9-11/h1,3,8,11-12H,2,4-5,7,9-10,16H2. The molecule has 0 radical (unpaired) electrons. The maximum Gasteiger partial charge on any atom is 0.226 e. The van der Waals surface area contributed by atoms with Gasteiger partial charge >= 0.3 is 0 Å². The van der Waals surface area contributed by atoms with E-state index in [-0.39, 0.29) is 17.9 Å². The highest BCUT2D eigenvalue weighted by Gasteiger charge is 2.31. The maximum atomic E-state index is 12.4. The first kappa shape index (κ1) is 13.6. The average Bonchev–Trinajstić information content (AvgIpc) is 3.05. The highest BCUT2D eigenvalue weighted by Crippen LogP contribution is 2.26. The Bertz CT molecular complexity index is 450. The Hall–Kier alpha value is -1.80. The molecule has 0 saturated heterocycles. The van der Waals surface area contributed by atoms with Crippen LogP contribution in [0.3, 0.4) is 0 Å². The first-order valence-corrected chi connectivity index (χ1v) is 6.64. The number of carbonyl (C=O) groups is 1. The van der Waals surface area contributed by atoms with Crippen LogP contribution >= 0.6 is 0 Å². The molecule has 0 bridgehead atoms. The second-order valence-corrected chi connectivity index (χ2v) is 5.02. The second-order valence-electron chi connectivity index (χ2n) is 5.02. The lowest BCUT2D eigenvalue weighted by Crippen LogP contribution is -2.36. The molecule has 1 fully saturated rings. The lowest BCUT2D eigenvalue weighted by atomic mass is 10.1. The van der Waals surface area contributed by atoms with Gasteiger partial charge in [-0.15, -0.1) is 0 Å².